The number of fused-ring (bicyclic) bond motifs is 1. The molecule has 0 radical (unpaired) electrons. The second-order valence-corrected chi connectivity index (χ2v) is 7.68. The number of hydrogen-bond donors (Lipinski definition) is 1. The van der Waals surface area contributed by atoms with E-state index in [9.17, 15) is 4.79 Å². The van der Waals surface area contributed by atoms with Crippen LogP contribution in [0.15, 0.2) is 97.1 Å². The summed E-state index contributed by atoms with van der Waals surface area (Å²) >= 11 is 0. The van der Waals surface area contributed by atoms with Crippen LogP contribution >= 0.6 is 0 Å². The molecule has 0 spiro atoms. The smallest absolute Gasteiger partial charge is 0.258 e. The number of hydrogen-bond acceptors (Lipinski definition) is 6. The van der Waals surface area contributed by atoms with Crippen LogP contribution in [0.4, 0.5) is 0 Å². The van der Waals surface area contributed by atoms with Crippen molar-refractivity contribution in [3.8, 4) is 34.1 Å². The number of aromatic nitrogens is 4. The van der Waals surface area contributed by atoms with Crippen molar-refractivity contribution in [3.63, 3.8) is 0 Å². The summed E-state index contributed by atoms with van der Waals surface area (Å²) < 4.78 is 13.1. The first-order chi connectivity index (χ1) is 17.3. The monoisotopic (exact) mass is 465 g/mol. The number of nitrogens with one attached hydrogen (secondary N) is 1. The number of nitrogens with zero attached hydrogens (tertiary/aromatic N) is 4. The van der Waals surface area contributed by atoms with E-state index in [4.69, 9.17) is 9.47 Å². The normalized spacial score (nSPS) is 10.7. The summed E-state index contributed by atoms with van der Waals surface area (Å²) in [6.07, 6.45) is 0. The molecule has 0 aliphatic rings. The Morgan fingerprint density at radius 1 is 0.771 bits per heavy atom. The summed E-state index contributed by atoms with van der Waals surface area (Å²) in [6, 6.07) is 30.8. The van der Waals surface area contributed by atoms with E-state index in [1.807, 2.05) is 84.9 Å². The van der Waals surface area contributed by atoms with Gasteiger partial charge in [-0.2, -0.15) is 4.52 Å². The van der Waals surface area contributed by atoms with Crippen LogP contribution in [0.1, 0.15) is 0 Å². The van der Waals surface area contributed by atoms with Crippen molar-refractivity contribution in [2.45, 2.75) is 0 Å². The number of carbonyl (C=O) groups is 1. The summed E-state index contributed by atoms with van der Waals surface area (Å²) in [6.45, 7) is 0.485. The lowest BCUT2D eigenvalue weighted by molar-refractivity contribution is -0.123. The van der Waals surface area contributed by atoms with Crippen molar-refractivity contribution in [1.29, 1.82) is 0 Å². The third-order valence-electron chi connectivity index (χ3n) is 5.28. The molecule has 0 aliphatic carbocycles. The first-order valence-corrected chi connectivity index (χ1v) is 11.2. The van der Waals surface area contributed by atoms with E-state index in [2.05, 4.69) is 20.6 Å². The third kappa shape index (κ3) is 5.27. The average Bonchev–Trinajstić information content (AvgIpc) is 3.34. The summed E-state index contributed by atoms with van der Waals surface area (Å²) in [5.41, 5.74) is 3.50. The fraction of sp³-hybridized carbons (Fsp3) is 0.111. The zero-order chi connectivity index (χ0) is 23.9. The molecule has 0 unspecified atom stereocenters. The Morgan fingerprint density at radius 3 is 2.29 bits per heavy atom. The number of carbonyl (C=O) groups excluding carboxylic acids is 1. The molecule has 0 atom stereocenters. The standard InChI is InChI=1S/C27H23N5O3/c33-25(19-35-23-14-8-7-13-22(23)20-9-3-1-4-10-20)28-17-18-34-26-16-15-24-29-30-27(32(24)31-26)21-11-5-2-6-12-21/h1-16H,17-19H2,(H,28,33). The Hall–Kier alpha value is -4.72. The summed E-state index contributed by atoms with van der Waals surface area (Å²) in [7, 11) is 0. The van der Waals surface area contributed by atoms with Crippen molar-refractivity contribution in [3.05, 3.63) is 97.1 Å². The average molecular weight is 466 g/mol. The predicted octanol–water partition coefficient (Wildman–Crippen LogP) is 4.03. The molecule has 0 saturated carbocycles. The Morgan fingerprint density at radius 2 is 1.49 bits per heavy atom. The van der Waals surface area contributed by atoms with Crippen LogP contribution in [-0.4, -0.2) is 45.5 Å². The Balaban J connectivity index is 1.13. The second kappa shape index (κ2) is 10.5. The maximum absolute atomic E-state index is 12.3. The lowest BCUT2D eigenvalue weighted by atomic mass is 10.1. The Kier molecular flexibility index (Phi) is 6.61. The van der Waals surface area contributed by atoms with Gasteiger partial charge in [0, 0.05) is 17.2 Å². The molecule has 3 aromatic carbocycles. The zero-order valence-corrected chi connectivity index (χ0v) is 18.9. The van der Waals surface area contributed by atoms with E-state index in [-0.39, 0.29) is 19.1 Å². The van der Waals surface area contributed by atoms with Gasteiger partial charge in [-0.1, -0.05) is 78.9 Å². The van der Waals surface area contributed by atoms with Crippen LogP contribution in [0.5, 0.6) is 11.6 Å². The number of rotatable bonds is 9. The highest BCUT2D eigenvalue weighted by Crippen LogP contribution is 2.29. The predicted molar refractivity (Wildman–Crippen MR) is 132 cm³/mol. The van der Waals surface area contributed by atoms with Gasteiger partial charge in [-0.25, -0.2) is 0 Å². The van der Waals surface area contributed by atoms with Crippen molar-refractivity contribution >= 4 is 11.6 Å². The molecule has 2 aromatic heterocycles. The molecule has 0 saturated heterocycles. The largest absolute Gasteiger partial charge is 0.483 e. The fourth-order valence-corrected chi connectivity index (χ4v) is 3.61. The molecule has 174 valence electrons. The van der Waals surface area contributed by atoms with E-state index < -0.39 is 0 Å². The molecule has 0 aliphatic heterocycles. The molecule has 1 N–H and O–H groups in total. The van der Waals surface area contributed by atoms with E-state index in [0.717, 1.165) is 16.7 Å². The van der Waals surface area contributed by atoms with Gasteiger partial charge < -0.3 is 14.8 Å². The molecule has 1 amide bonds. The van der Waals surface area contributed by atoms with Crippen molar-refractivity contribution in [1.82, 2.24) is 25.1 Å². The molecule has 0 bridgehead atoms. The number of benzene rings is 3. The highest BCUT2D eigenvalue weighted by Gasteiger charge is 2.11. The third-order valence-corrected chi connectivity index (χ3v) is 5.28. The van der Waals surface area contributed by atoms with E-state index in [1.165, 1.54) is 0 Å². The summed E-state index contributed by atoms with van der Waals surface area (Å²) in [5, 5.41) is 15.7. The maximum atomic E-state index is 12.3. The minimum Gasteiger partial charge on any atom is -0.483 e. The van der Waals surface area contributed by atoms with Crippen LogP contribution < -0.4 is 14.8 Å². The van der Waals surface area contributed by atoms with E-state index >= 15 is 0 Å². The zero-order valence-electron chi connectivity index (χ0n) is 18.9. The first-order valence-electron chi connectivity index (χ1n) is 11.2. The molecular weight excluding hydrogens is 442 g/mol. The van der Waals surface area contributed by atoms with Gasteiger partial charge in [0.2, 0.25) is 5.88 Å². The van der Waals surface area contributed by atoms with Gasteiger partial charge in [0.1, 0.15) is 12.4 Å². The minimum atomic E-state index is -0.231. The highest BCUT2D eigenvalue weighted by molar-refractivity contribution is 5.78. The molecule has 5 aromatic rings. The van der Waals surface area contributed by atoms with Gasteiger partial charge in [0.05, 0.1) is 6.54 Å². The van der Waals surface area contributed by atoms with Crippen LogP contribution in [0, 0.1) is 0 Å². The van der Waals surface area contributed by atoms with Gasteiger partial charge in [0.15, 0.2) is 18.1 Å². The molecule has 5 rings (SSSR count). The second-order valence-electron chi connectivity index (χ2n) is 7.68. The van der Waals surface area contributed by atoms with E-state index in [0.29, 0.717) is 29.6 Å². The first kappa shape index (κ1) is 22.1. The van der Waals surface area contributed by atoms with Gasteiger partial charge in [-0.3, -0.25) is 4.79 Å². The number of amides is 1. The SMILES string of the molecule is O=C(COc1ccccc1-c1ccccc1)NCCOc1ccc2nnc(-c3ccccc3)n2n1. The molecule has 2 heterocycles. The van der Waals surface area contributed by atoms with Crippen LogP contribution in [0.2, 0.25) is 0 Å². The molecule has 35 heavy (non-hydrogen) atoms. The fourth-order valence-electron chi connectivity index (χ4n) is 3.61. The van der Waals surface area contributed by atoms with Gasteiger partial charge in [0.25, 0.3) is 5.91 Å². The molecule has 8 heteroatoms. The summed E-state index contributed by atoms with van der Waals surface area (Å²) in [4.78, 5) is 12.3. The summed E-state index contributed by atoms with van der Waals surface area (Å²) in [5.74, 6) is 1.47. The quantitative estimate of drug-likeness (QED) is 0.331. The van der Waals surface area contributed by atoms with Crippen molar-refractivity contribution < 1.29 is 14.3 Å². The van der Waals surface area contributed by atoms with Crippen LogP contribution in [0.25, 0.3) is 28.2 Å². The van der Waals surface area contributed by atoms with E-state index in [1.54, 1.807) is 16.6 Å². The lowest BCUT2D eigenvalue weighted by Gasteiger charge is -2.12. The lowest BCUT2D eigenvalue weighted by Crippen LogP contribution is -2.32. The van der Waals surface area contributed by atoms with Gasteiger partial charge >= 0.3 is 0 Å². The van der Waals surface area contributed by atoms with Crippen LogP contribution in [-0.2, 0) is 4.79 Å². The topological polar surface area (TPSA) is 90.6 Å². The highest BCUT2D eigenvalue weighted by atomic mass is 16.5. The van der Waals surface area contributed by atoms with Gasteiger partial charge in [-0.15, -0.1) is 15.3 Å². The Bertz CT molecular complexity index is 1420. The van der Waals surface area contributed by atoms with Crippen molar-refractivity contribution in [2.75, 3.05) is 19.8 Å². The molecular formula is C27H23N5O3. The maximum Gasteiger partial charge on any atom is 0.258 e. The molecule has 8 nitrogen and oxygen atoms in total. The van der Waals surface area contributed by atoms with Crippen molar-refractivity contribution in [2.24, 2.45) is 0 Å². The van der Waals surface area contributed by atoms with Crippen LogP contribution in [0.3, 0.4) is 0 Å². The Labute approximate surface area is 202 Å². The number of ether oxygens (including phenoxy) is 2. The van der Waals surface area contributed by atoms with Gasteiger partial charge in [-0.05, 0) is 17.7 Å². The number of para-hydroxylation sites is 1. The molecule has 0 fully saturated rings. The minimum absolute atomic E-state index is 0.0881.